The molecule has 0 aromatic carbocycles. The van der Waals surface area contributed by atoms with Crippen LogP contribution in [0.4, 0.5) is 0 Å². The van der Waals surface area contributed by atoms with Crippen LogP contribution >= 0.6 is 61.4 Å². The van der Waals surface area contributed by atoms with Gasteiger partial charge in [0.2, 0.25) is 0 Å². The largest absolute Gasteiger partial charge is 1.00 e. The van der Waals surface area contributed by atoms with Crippen LogP contribution in [-0.2, 0) is 0 Å². The zero-order valence-electron chi connectivity index (χ0n) is 2.69. The molecular weight excluding hydrogens is 420 g/mol. The summed E-state index contributed by atoms with van der Waals surface area (Å²) in [5.41, 5.74) is 0. The molecule has 0 aromatic rings. The van der Waals surface area contributed by atoms with Crippen LogP contribution in [0.2, 0.25) is 0 Å². The molecule has 0 fully saturated rings. The van der Waals surface area contributed by atoms with Gasteiger partial charge in [-0.1, -0.05) is 0 Å². The quantitative estimate of drug-likeness (QED) is 0.272. The maximum atomic E-state index is 0. The van der Waals surface area contributed by atoms with Crippen LogP contribution in [0, 0.1) is 0 Å². The molecular formula is H4I3LiS. The molecule has 5 heavy (non-hydrogen) atoms. The molecule has 0 aliphatic heterocycles. The molecule has 0 amide bonds. The van der Waals surface area contributed by atoms with Gasteiger partial charge in [0.15, 0.2) is 0 Å². The Morgan fingerprint density at radius 2 is 0.800 bits per heavy atom. The normalized spacial score (nSPS) is 0. The summed E-state index contributed by atoms with van der Waals surface area (Å²) >= 11 is 0. The van der Waals surface area contributed by atoms with Crippen molar-refractivity contribution in [2.75, 3.05) is 0 Å². The van der Waals surface area contributed by atoms with Gasteiger partial charge in [-0.15, -0.1) is 48.0 Å². The second-order valence-corrected chi connectivity index (χ2v) is 0. The van der Waals surface area contributed by atoms with Crippen molar-refractivity contribution < 1.29 is 42.8 Å². The molecule has 0 atom stereocenters. The Bertz CT molecular complexity index is 6.85. The average Bonchev–Trinajstić information content (AvgIpc) is 0. The number of halogens is 3. The van der Waals surface area contributed by atoms with Crippen LogP contribution in [0.3, 0.4) is 0 Å². The van der Waals surface area contributed by atoms with E-state index in [1.54, 1.807) is 0 Å². The first kappa shape index (κ1) is 42.1. The van der Waals surface area contributed by atoms with Crippen LogP contribution in [0.25, 0.3) is 0 Å². The molecule has 0 aliphatic carbocycles. The van der Waals surface area contributed by atoms with Crippen LogP contribution in [0.5, 0.6) is 0 Å². The Hall–Kier alpha value is 3.14. The van der Waals surface area contributed by atoms with E-state index >= 15 is 0 Å². The van der Waals surface area contributed by atoms with Gasteiger partial charge in [0.1, 0.15) is 0 Å². The van der Waals surface area contributed by atoms with Gasteiger partial charge in [0.05, 0.1) is 0 Å². The predicted octanol–water partition coefficient (Wildman–Crippen LogP) is -4.64. The fraction of sp³-hybridized carbons (Fsp3) is 0. The molecule has 0 nitrogen and oxygen atoms in total. The summed E-state index contributed by atoms with van der Waals surface area (Å²) in [6.07, 6.45) is 0. The Kier molecular flexibility index (Phi) is 230. The second kappa shape index (κ2) is 27.3. The molecule has 32 valence electrons. The third kappa shape index (κ3) is 19.1. The van der Waals surface area contributed by atoms with E-state index in [1.165, 1.54) is 0 Å². The molecule has 0 unspecified atom stereocenters. The third-order valence-electron chi connectivity index (χ3n) is 0. The Morgan fingerprint density at radius 1 is 0.800 bits per heavy atom. The zero-order chi connectivity index (χ0) is 0. The average molecular weight is 424 g/mol. The molecule has 0 N–H and O–H groups in total. The van der Waals surface area contributed by atoms with Crippen LogP contribution in [0.1, 0.15) is 0 Å². The van der Waals surface area contributed by atoms with Gasteiger partial charge >= 0.3 is 18.9 Å². The number of hydrogen-bond donors (Lipinski definition) is 0. The summed E-state index contributed by atoms with van der Waals surface area (Å²) in [5.74, 6) is 0. The van der Waals surface area contributed by atoms with Crippen molar-refractivity contribution >= 4 is 61.4 Å². The van der Waals surface area contributed by atoms with Gasteiger partial charge in [-0.05, 0) is 0 Å². The first-order chi connectivity index (χ1) is 0. The van der Waals surface area contributed by atoms with Gasteiger partial charge in [0, 0.05) is 0 Å². The van der Waals surface area contributed by atoms with E-state index in [-0.39, 0.29) is 104 Å². The molecule has 0 aromatic heterocycles. The van der Waals surface area contributed by atoms with E-state index in [2.05, 4.69) is 0 Å². The van der Waals surface area contributed by atoms with Gasteiger partial charge < -0.3 is 24.0 Å². The summed E-state index contributed by atoms with van der Waals surface area (Å²) in [7, 11) is 0. The van der Waals surface area contributed by atoms with E-state index < -0.39 is 0 Å². The molecule has 0 saturated carbocycles. The van der Waals surface area contributed by atoms with Crippen LogP contribution in [-0.4, -0.2) is 0 Å². The third-order valence-corrected chi connectivity index (χ3v) is 0. The van der Waals surface area contributed by atoms with E-state index in [1.807, 2.05) is 0 Å². The van der Waals surface area contributed by atoms with Crippen molar-refractivity contribution in [2.45, 2.75) is 0 Å². The summed E-state index contributed by atoms with van der Waals surface area (Å²) in [5, 5.41) is 0. The van der Waals surface area contributed by atoms with Crippen molar-refractivity contribution in [3.8, 4) is 0 Å². The molecule has 0 spiro atoms. The minimum Gasteiger partial charge on any atom is -1.00 e. The smallest absolute Gasteiger partial charge is 1.00 e. The maximum absolute atomic E-state index is 0. The summed E-state index contributed by atoms with van der Waals surface area (Å²) in [6.45, 7) is 0. The van der Waals surface area contributed by atoms with Crippen molar-refractivity contribution in [1.29, 1.82) is 0 Å². The van der Waals surface area contributed by atoms with Gasteiger partial charge in [-0.25, -0.2) is 0 Å². The summed E-state index contributed by atoms with van der Waals surface area (Å²) < 4.78 is 0. The first-order valence-electron chi connectivity index (χ1n) is 0. The first-order valence-corrected chi connectivity index (χ1v) is 0. The zero-order valence-corrected chi connectivity index (χ0v) is 10.5. The Morgan fingerprint density at radius 3 is 0.800 bits per heavy atom. The fourth-order valence-electron chi connectivity index (χ4n) is 0. The molecule has 0 radical (unpaired) electrons. The van der Waals surface area contributed by atoms with E-state index in [9.17, 15) is 0 Å². The van der Waals surface area contributed by atoms with E-state index in [4.69, 9.17) is 0 Å². The van der Waals surface area contributed by atoms with Crippen LogP contribution in [0.15, 0.2) is 0 Å². The number of hydrogen-bond acceptors (Lipinski definition) is 0. The number of rotatable bonds is 0. The standard InChI is InChI=1S/3HI.Li.H2S/h3*1H;;1H2/q;;;+1;/p-1. The van der Waals surface area contributed by atoms with Crippen molar-refractivity contribution in [2.24, 2.45) is 0 Å². The van der Waals surface area contributed by atoms with Gasteiger partial charge in [-0.2, -0.15) is 13.5 Å². The molecule has 5 heteroatoms. The molecule has 0 heterocycles. The second-order valence-electron chi connectivity index (χ2n) is 0. The summed E-state index contributed by atoms with van der Waals surface area (Å²) in [4.78, 5) is 0. The molecule has 0 rings (SSSR count). The summed E-state index contributed by atoms with van der Waals surface area (Å²) in [6, 6.07) is 0. The molecule has 0 saturated heterocycles. The van der Waals surface area contributed by atoms with E-state index in [0.29, 0.717) is 0 Å². The van der Waals surface area contributed by atoms with E-state index in [0.717, 1.165) is 0 Å². The monoisotopic (exact) mass is 424 g/mol. The minimum atomic E-state index is 0. The SMILES string of the molecule is I.I.S.[I-].[Li+]. The topological polar surface area (TPSA) is 0 Å². The fourth-order valence-corrected chi connectivity index (χ4v) is 0. The Balaban J connectivity index is 0. The van der Waals surface area contributed by atoms with Gasteiger partial charge in [-0.3, -0.25) is 0 Å². The minimum absolute atomic E-state index is 0. The van der Waals surface area contributed by atoms with Crippen molar-refractivity contribution in [3.05, 3.63) is 0 Å². The predicted molar refractivity (Wildman–Crippen MR) is 41.2 cm³/mol. The molecule has 0 bridgehead atoms. The van der Waals surface area contributed by atoms with Crippen molar-refractivity contribution in [3.63, 3.8) is 0 Å². The van der Waals surface area contributed by atoms with Gasteiger partial charge in [0.25, 0.3) is 0 Å². The van der Waals surface area contributed by atoms with Crippen LogP contribution < -0.4 is 42.8 Å². The maximum Gasteiger partial charge on any atom is 1.00 e. The van der Waals surface area contributed by atoms with Crippen molar-refractivity contribution in [1.82, 2.24) is 0 Å². The molecule has 0 aliphatic rings. The Labute approximate surface area is 102 Å².